The number of hydrogen-bond donors (Lipinski definition) is 1. The van der Waals surface area contributed by atoms with E-state index in [1.807, 2.05) is 0 Å². The molecule has 1 fully saturated rings. The number of thiol groups is 1. The maximum atomic E-state index is 11.9. The van der Waals surface area contributed by atoms with Crippen molar-refractivity contribution in [2.75, 3.05) is 32.0 Å². The molecule has 1 aliphatic heterocycles. The minimum atomic E-state index is -0.00167. The number of rotatable bonds is 19. The van der Waals surface area contributed by atoms with Gasteiger partial charge >= 0.3 is 5.97 Å². The molecule has 4 heteroatoms. The van der Waals surface area contributed by atoms with E-state index < -0.39 is 0 Å². The van der Waals surface area contributed by atoms with Crippen LogP contribution in [0.15, 0.2) is 24.3 Å². The van der Waals surface area contributed by atoms with Crippen molar-refractivity contribution in [3.63, 3.8) is 0 Å². The Hall–Kier alpha value is -0.740. The minimum absolute atomic E-state index is 0.00167. The summed E-state index contributed by atoms with van der Waals surface area (Å²) in [5, 5.41) is 0. The molecule has 0 amide bonds. The highest BCUT2D eigenvalue weighted by molar-refractivity contribution is 7.80. The molecule has 180 valence electrons. The van der Waals surface area contributed by atoms with E-state index in [2.05, 4.69) is 48.8 Å². The van der Waals surface area contributed by atoms with Crippen LogP contribution in [0.4, 0.5) is 0 Å². The lowest BCUT2D eigenvalue weighted by Gasteiger charge is -2.31. The quantitative estimate of drug-likeness (QED) is 0.0961. The molecule has 0 aliphatic carbocycles. The second kappa shape index (κ2) is 21.1. The molecule has 31 heavy (non-hydrogen) atoms. The van der Waals surface area contributed by atoms with Gasteiger partial charge in [0.25, 0.3) is 0 Å². The molecule has 0 radical (unpaired) electrons. The molecule has 3 nitrogen and oxygen atoms in total. The Balaban J connectivity index is 1.84. The second-order valence-electron chi connectivity index (χ2n) is 9.00. The summed E-state index contributed by atoms with van der Waals surface area (Å²) in [6.07, 6.45) is 26.6. The van der Waals surface area contributed by atoms with Crippen LogP contribution in [0, 0.1) is 5.92 Å². The largest absolute Gasteiger partial charge is 0.466 e. The molecule has 1 heterocycles. The van der Waals surface area contributed by atoms with E-state index in [4.69, 9.17) is 4.74 Å². The number of likely N-dealkylation sites (tertiary alicyclic amines) is 1. The van der Waals surface area contributed by atoms with E-state index in [1.54, 1.807) is 0 Å². The van der Waals surface area contributed by atoms with Gasteiger partial charge in [0, 0.05) is 18.7 Å². The number of piperidine rings is 1. The number of carbonyl (C=O) groups excluding carboxylic acids is 1. The Morgan fingerprint density at radius 3 is 2.26 bits per heavy atom. The van der Waals surface area contributed by atoms with Crippen LogP contribution >= 0.6 is 12.6 Å². The Morgan fingerprint density at radius 2 is 1.58 bits per heavy atom. The predicted octanol–water partition coefficient (Wildman–Crippen LogP) is 7.38. The van der Waals surface area contributed by atoms with E-state index in [0.29, 0.717) is 13.0 Å². The molecule has 0 aromatic rings. The average Bonchev–Trinajstić information content (AvgIpc) is 2.78. The molecule has 0 unspecified atom stereocenters. The van der Waals surface area contributed by atoms with Crippen molar-refractivity contribution in [1.82, 2.24) is 4.90 Å². The lowest BCUT2D eigenvalue weighted by atomic mass is 9.94. The van der Waals surface area contributed by atoms with Gasteiger partial charge in [-0.05, 0) is 76.8 Å². The Labute approximate surface area is 198 Å². The van der Waals surface area contributed by atoms with Crippen molar-refractivity contribution in [3.8, 4) is 0 Å². The number of nitrogens with zero attached hydrogens (tertiary/aromatic N) is 1. The van der Waals surface area contributed by atoms with Gasteiger partial charge in [0.15, 0.2) is 0 Å². The van der Waals surface area contributed by atoms with Gasteiger partial charge in [-0.3, -0.25) is 4.79 Å². The summed E-state index contributed by atoms with van der Waals surface area (Å²) in [7, 11) is 0. The van der Waals surface area contributed by atoms with Crippen LogP contribution in [-0.2, 0) is 9.53 Å². The fraction of sp³-hybridized carbons (Fsp3) is 0.815. The normalized spacial score (nSPS) is 15.9. The molecule has 1 saturated heterocycles. The fourth-order valence-electron chi connectivity index (χ4n) is 4.13. The molecule has 1 aliphatic rings. The zero-order valence-corrected chi connectivity index (χ0v) is 21.1. The summed E-state index contributed by atoms with van der Waals surface area (Å²) < 4.78 is 5.46. The highest BCUT2D eigenvalue weighted by atomic mass is 32.1. The zero-order chi connectivity index (χ0) is 22.4. The summed E-state index contributed by atoms with van der Waals surface area (Å²) in [6, 6.07) is 0. The Morgan fingerprint density at radius 1 is 0.935 bits per heavy atom. The van der Waals surface area contributed by atoms with Gasteiger partial charge < -0.3 is 9.64 Å². The SMILES string of the molecule is CCCCC/C=C\C/C=C\CCCCCCCC(=O)OCCC1CCN(CCS)CC1. The van der Waals surface area contributed by atoms with E-state index in [9.17, 15) is 4.79 Å². The molecule has 0 aromatic heterocycles. The first-order valence-corrected chi connectivity index (χ1v) is 13.7. The van der Waals surface area contributed by atoms with E-state index in [-0.39, 0.29) is 5.97 Å². The number of allylic oxidation sites excluding steroid dienone is 4. The van der Waals surface area contributed by atoms with Crippen LogP contribution < -0.4 is 0 Å². The van der Waals surface area contributed by atoms with Crippen LogP contribution in [-0.4, -0.2) is 42.9 Å². The maximum absolute atomic E-state index is 11.9. The predicted molar refractivity (Wildman–Crippen MR) is 138 cm³/mol. The lowest BCUT2D eigenvalue weighted by molar-refractivity contribution is -0.144. The molecule has 0 bridgehead atoms. The molecule has 1 rings (SSSR count). The topological polar surface area (TPSA) is 29.5 Å². The molecule has 0 atom stereocenters. The first kappa shape index (κ1) is 28.3. The van der Waals surface area contributed by atoms with Gasteiger partial charge in [0.2, 0.25) is 0 Å². The Bertz CT molecular complexity index is 470. The Kier molecular flexibility index (Phi) is 19.3. The number of ether oxygens (including phenoxy) is 1. The standard InChI is InChI=1S/C27H49NO2S/c1-2-3-4-5-6-7-8-9-10-11-12-13-14-15-16-17-27(29)30-24-20-26-18-21-28(22-19-26)23-25-31/h6-7,9-10,26,31H,2-5,8,11-25H2,1H3/b7-6-,10-9-. The van der Waals surface area contributed by atoms with Crippen molar-refractivity contribution < 1.29 is 9.53 Å². The highest BCUT2D eigenvalue weighted by Gasteiger charge is 2.18. The molecule has 0 saturated carbocycles. The van der Waals surface area contributed by atoms with Crippen LogP contribution in [0.3, 0.4) is 0 Å². The molecular weight excluding hydrogens is 402 g/mol. The van der Waals surface area contributed by atoms with Crippen LogP contribution in [0.5, 0.6) is 0 Å². The summed E-state index contributed by atoms with van der Waals surface area (Å²) in [6.45, 7) is 6.30. The fourth-order valence-corrected chi connectivity index (χ4v) is 4.42. The summed E-state index contributed by atoms with van der Waals surface area (Å²) >= 11 is 4.31. The maximum Gasteiger partial charge on any atom is 0.305 e. The second-order valence-corrected chi connectivity index (χ2v) is 9.45. The third-order valence-corrected chi connectivity index (χ3v) is 6.44. The van der Waals surface area contributed by atoms with Crippen molar-refractivity contribution in [2.45, 2.75) is 103 Å². The zero-order valence-electron chi connectivity index (χ0n) is 20.2. The number of unbranched alkanes of at least 4 members (excludes halogenated alkanes) is 8. The third-order valence-electron chi connectivity index (χ3n) is 6.24. The van der Waals surface area contributed by atoms with Gasteiger partial charge in [-0.15, -0.1) is 0 Å². The molecule has 0 N–H and O–H groups in total. The van der Waals surface area contributed by atoms with Crippen molar-refractivity contribution in [3.05, 3.63) is 24.3 Å². The summed E-state index contributed by atoms with van der Waals surface area (Å²) in [4.78, 5) is 14.4. The first-order chi connectivity index (χ1) is 15.3. The third kappa shape index (κ3) is 17.5. The minimum Gasteiger partial charge on any atom is -0.466 e. The summed E-state index contributed by atoms with van der Waals surface area (Å²) in [5.41, 5.74) is 0. The molecular formula is C27H49NO2S. The van der Waals surface area contributed by atoms with E-state index in [0.717, 1.165) is 43.9 Å². The average molecular weight is 452 g/mol. The van der Waals surface area contributed by atoms with Gasteiger partial charge in [-0.2, -0.15) is 12.6 Å². The lowest BCUT2D eigenvalue weighted by Crippen LogP contribution is -2.35. The number of hydrogen-bond acceptors (Lipinski definition) is 4. The monoisotopic (exact) mass is 451 g/mol. The smallest absolute Gasteiger partial charge is 0.305 e. The number of esters is 1. The molecule has 0 spiro atoms. The first-order valence-electron chi connectivity index (χ1n) is 13.0. The van der Waals surface area contributed by atoms with Crippen molar-refractivity contribution >= 4 is 18.6 Å². The van der Waals surface area contributed by atoms with Crippen LogP contribution in [0.25, 0.3) is 0 Å². The number of carbonyl (C=O) groups is 1. The molecule has 0 aromatic carbocycles. The highest BCUT2D eigenvalue weighted by Crippen LogP contribution is 2.20. The van der Waals surface area contributed by atoms with Gasteiger partial charge in [-0.1, -0.05) is 63.3 Å². The van der Waals surface area contributed by atoms with E-state index >= 15 is 0 Å². The van der Waals surface area contributed by atoms with Crippen molar-refractivity contribution in [2.24, 2.45) is 5.92 Å². The van der Waals surface area contributed by atoms with Gasteiger partial charge in [0.1, 0.15) is 0 Å². The van der Waals surface area contributed by atoms with Gasteiger partial charge in [-0.25, -0.2) is 0 Å². The van der Waals surface area contributed by atoms with Crippen molar-refractivity contribution in [1.29, 1.82) is 0 Å². The van der Waals surface area contributed by atoms with Crippen LogP contribution in [0.1, 0.15) is 103 Å². The summed E-state index contributed by atoms with van der Waals surface area (Å²) in [5.74, 6) is 1.66. The van der Waals surface area contributed by atoms with E-state index in [1.165, 1.54) is 77.3 Å². The van der Waals surface area contributed by atoms with Crippen LogP contribution in [0.2, 0.25) is 0 Å². The van der Waals surface area contributed by atoms with Gasteiger partial charge in [0.05, 0.1) is 6.61 Å².